The van der Waals surface area contributed by atoms with E-state index in [1.807, 2.05) is 25.3 Å². The quantitative estimate of drug-likeness (QED) is 0.787. The molecule has 0 radical (unpaired) electrons. The van der Waals surface area contributed by atoms with Crippen molar-refractivity contribution in [3.63, 3.8) is 0 Å². The summed E-state index contributed by atoms with van der Waals surface area (Å²) < 4.78 is 0. The number of anilines is 1. The first-order valence-corrected chi connectivity index (χ1v) is 7.54. The molecule has 0 atom stereocenters. The van der Waals surface area contributed by atoms with Crippen molar-refractivity contribution in [2.75, 3.05) is 11.4 Å². The van der Waals surface area contributed by atoms with Crippen LogP contribution in [-0.4, -0.2) is 16.5 Å². The Bertz CT molecular complexity index is 542. The van der Waals surface area contributed by atoms with Crippen molar-refractivity contribution in [2.45, 2.75) is 25.7 Å². The van der Waals surface area contributed by atoms with Crippen molar-refractivity contribution in [3.8, 4) is 0 Å². The Hall–Kier alpha value is -1.42. The van der Waals surface area contributed by atoms with Gasteiger partial charge in [0.25, 0.3) is 0 Å². The zero-order valence-corrected chi connectivity index (χ0v) is 12.9. The second-order valence-corrected chi connectivity index (χ2v) is 4.96. The van der Waals surface area contributed by atoms with Gasteiger partial charge in [0.05, 0.1) is 12.2 Å². The molecule has 0 amide bonds. The van der Waals surface area contributed by atoms with Gasteiger partial charge in [0.2, 0.25) is 0 Å². The number of rotatable bonds is 5. The molecule has 0 fully saturated rings. The summed E-state index contributed by atoms with van der Waals surface area (Å²) in [5, 5.41) is 0.813. The molecule has 0 aliphatic heterocycles. The minimum Gasteiger partial charge on any atom is -0.351 e. The van der Waals surface area contributed by atoms with Gasteiger partial charge < -0.3 is 4.90 Å². The van der Waals surface area contributed by atoms with Crippen LogP contribution in [0.3, 0.4) is 0 Å². The van der Waals surface area contributed by atoms with Crippen molar-refractivity contribution >= 4 is 21.7 Å². The summed E-state index contributed by atoms with van der Waals surface area (Å²) in [6, 6.07) is 10.2. The van der Waals surface area contributed by atoms with Gasteiger partial charge >= 0.3 is 0 Å². The van der Waals surface area contributed by atoms with Crippen LogP contribution >= 0.6 is 15.9 Å². The molecule has 0 saturated heterocycles. The molecular weight excluding hydrogens is 302 g/mol. The number of pyridine rings is 2. The monoisotopic (exact) mass is 319 g/mol. The van der Waals surface area contributed by atoms with Crippen LogP contribution in [-0.2, 0) is 11.9 Å². The first kappa shape index (κ1) is 14.0. The summed E-state index contributed by atoms with van der Waals surface area (Å²) in [6.45, 7) is 5.86. The highest BCUT2D eigenvalue weighted by Crippen LogP contribution is 2.21. The third-order valence-electron chi connectivity index (χ3n) is 2.99. The summed E-state index contributed by atoms with van der Waals surface area (Å²) >= 11 is 3.52. The molecule has 0 aromatic carbocycles. The highest BCUT2D eigenvalue weighted by Gasteiger charge is 2.11. The number of hydrogen-bond donors (Lipinski definition) is 0. The maximum atomic E-state index is 4.56. The average molecular weight is 320 g/mol. The third-order valence-corrected chi connectivity index (χ3v) is 3.60. The minimum absolute atomic E-state index is 0.787. The summed E-state index contributed by atoms with van der Waals surface area (Å²) in [4.78, 5) is 11.3. The Morgan fingerprint density at radius 2 is 2.05 bits per heavy atom. The topological polar surface area (TPSA) is 29.0 Å². The van der Waals surface area contributed by atoms with Crippen LogP contribution in [0.4, 0.5) is 5.82 Å². The summed E-state index contributed by atoms with van der Waals surface area (Å²) in [5.74, 6) is 1.03. The van der Waals surface area contributed by atoms with Crippen molar-refractivity contribution in [2.24, 2.45) is 0 Å². The van der Waals surface area contributed by atoms with Crippen molar-refractivity contribution in [1.29, 1.82) is 0 Å². The van der Waals surface area contributed by atoms with Crippen LogP contribution in [0.1, 0.15) is 23.9 Å². The normalized spacial score (nSPS) is 10.5. The van der Waals surface area contributed by atoms with Gasteiger partial charge in [-0.2, -0.15) is 0 Å². The van der Waals surface area contributed by atoms with E-state index in [1.54, 1.807) is 0 Å². The van der Waals surface area contributed by atoms with Crippen LogP contribution in [0.2, 0.25) is 0 Å². The van der Waals surface area contributed by atoms with E-state index in [-0.39, 0.29) is 0 Å². The van der Waals surface area contributed by atoms with E-state index in [0.29, 0.717) is 0 Å². The highest BCUT2D eigenvalue weighted by molar-refractivity contribution is 9.08. The summed E-state index contributed by atoms with van der Waals surface area (Å²) in [7, 11) is 0. The second-order valence-electron chi connectivity index (χ2n) is 4.40. The van der Waals surface area contributed by atoms with Gasteiger partial charge in [-0.3, -0.25) is 4.98 Å². The van der Waals surface area contributed by atoms with E-state index in [2.05, 4.69) is 55.9 Å². The van der Waals surface area contributed by atoms with Gasteiger partial charge in [0.1, 0.15) is 5.82 Å². The minimum atomic E-state index is 0.787. The van der Waals surface area contributed by atoms with E-state index < -0.39 is 0 Å². The lowest BCUT2D eigenvalue weighted by atomic mass is 10.2. The second kappa shape index (κ2) is 6.66. The van der Waals surface area contributed by atoms with Crippen molar-refractivity contribution < 1.29 is 0 Å². The lowest BCUT2D eigenvalue weighted by Crippen LogP contribution is -2.24. The number of nitrogens with zero attached hydrogens (tertiary/aromatic N) is 3. The van der Waals surface area contributed by atoms with E-state index in [1.165, 1.54) is 5.56 Å². The Morgan fingerprint density at radius 1 is 1.21 bits per heavy atom. The molecular formula is C15H18BrN3. The molecule has 0 bridgehead atoms. The largest absolute Gasteiger partial charge is 0.351 e. The summed E-state index contributed by atoms with van der Waals surface area (Å²) in [6.07, 6.45) is 1.84. The maximum absolute atomic E-state index is 4.56. The van der Waals surface area contributed by atoms with Gasteiger partial charge in [0, 0.05) is 29.3 Å². The number of alkyl halides is 1. The van der Waals surface area contributed by atoms with Gasteiger partial charge in [-0.25, -0.2) is 4.98 Å². The zero-order chi connectivity index (χ0) is 13.7. The maximum Gasteiger partial charge on any atom is 0.132 e. The molecule has 100 valence electrons. The molecule has 0 aliphatic rings. The molecule has 0 spiro atoms. The van der Waals surface area contributed by atoms with E-state index in [9.17, 15) is 0 Å². The highest BCUT2D eigenvalue weighted by atomic mass is 79.9. The van der Waals surface area contributed by atoms with E-state index in [4.69, 9.17) is 0 Å². The van der Waals surface area contributed by atoms with Crippen LogP contribution in [0, 0.1) is 6.92 Å². The predicted octanol–water partition coefficient (Wildman–Crippen LogP) is 3.71. The Kier molecular flexibility index (Phi) is 4.91. The zero-order valence-electron chi connectivity index (χ0n) is 11.3. The smallest absolute Gasteiger partial charge is 0.132 e. The lowest BCUT2D eigenvalue weighted by molar-refractivity contribution is 0.786. The first-order chi connectivity index (χ1) is 9.24. The fraction of sp³-hybridized carbons (Fsp3) is 0.333. The van der Waals surface area contributed by atoms with Crippen LogP contribution in [0.25, 0.3) is 0 Å². The molecule has 0 N–H and O–H groups in total. The standard InChI is InChI=1S/C15H18BrN3/c1-3-19(11-14-8-4-6-12(2)18-14)15-13(10-16)7-5-9-17-15/h4-9H,3,10-11H2,1-2H3. The third kappa shape index (κ3) is 3.53. The fourth-order valence-electron chi connectivity index (χ4n) is 2.04. The first-order valence-electron chi connectivity index (χ1n) is 6.42. The Labute approximate surface area is 122 Å². The Morgan fingerprint density at radius 3 is 2.74 bits per heavy atom. The molecule has 0 aliphatic carbocycles. The number of aryl methyl sites for hydroxylation is 1. The number of halogens is 1. The van der Waals surface area contributed by atoms with Gasteiger partial charge in [-0.15, -0.1) is 0 Å². The molecule has 4 heteroatoms. The van der Waals surface area contributed by atoms with E-state index >= 15 is 0 Å². The molecule has 2 aromatic rings. The molecule has 19 heavy (non-hydrogen) atoms. The average Bonchev–Trinajstić information content (AvgIpc) is 2.45. The van der Waals surface area contributed by atoms with Crippen molar-refractivity contribution in [1.82, 2.24) is 9.97 Å². The van der Waals surface area contributed by atoms with Crippen LogP contribution in [0.15, 0.2) is 36.5 Å². The molecule has 2 aromatic heterocycles. The van der Waals surface area contributed by atoms with Gasteiger partial charge in [-0.05, 0) is 32.0 Å². The fourth-order valence-corrected chi connectivity index (χ4v) is 2.48. The molecule has 3 nitrogen and oxygen atoms in total. The number of aromatic nitrogens is 2. The lowest BCUT2D eigenvalue weighted by Gasteiger charge is -2.23. The summed E-state index contributed by atoms with van der Waals surface area (Å²) in [5.41, 5.74) is 3.33. The van der Waals surface area contributed by atoms with Crippen LogP contribution < -0.4 is 4.90 Å². The van der Waals surface area contributed by atoms with Crippen LogP contribution in [0.5, 0.6) is 0 Å². The Balaban J connectivity index is 2.25. The van der Waals surface area contributed by atoms with Gasteiger partial charge in [-0.1, -0.05) is 28.1 Å². The molecule has 2 rings (SSSR count). The van der Waals surface area contributed by atoms with E-state index in [0.717, 1.165) is 35.6 Å². The molecule has 0 saturated carbocycles. The molecule has 2 heterocycles. The predicted molar refractivity (Wildman–Crippen MR) is 82.6 cm³/mol. The SMILES string of the molecule is CCN(Cc1cccc(C)n1)c1ncccc1CBr. The van der Waals surface area contributed by atoms with Crippen molar-refractivity contribution in [3.05, 3.63) is 53.5 Å². The van der Waals surface area contributed by atoms with Gasteiger partial charge in [0.15, 0.2) is 0 Å². The number of hydrogen-bond acceptors (Lipinski definition) is 3. The molecule has 0 unspecified atom stereocenters.